The molecule has 5 nitrogen and oxygen atoms in total. The van der Waals surface area contributed by atoms with E-state index in [9.17, 15) is 0 Å². The van der Waals surface area contributed by atoms with Crippen molar-refractivity contribution in [1.29, 1.82) is 0 Å². The van der Waals surface area contributed by atoms with Gasteiger partial charge < -0.3 is 19.4 Å². The quantitative estimate of drug-likeness (QED) is 0.121. The Balaban J connectivity index is 0.00000605. The van der Waals surface area contributed by atoms with Gasteiger partial charge in [-0.05, 0) is 131 Å². The van der Waals surface area contributed by atoms with E-state index < -0.39 is 0 Å². The summed E-state index contributed by atoms with van der Waals surface area (Å²) in [6, 6.07) is 97.0. The van der Waals surface area contributed by atoms with E-state index in [2.05, 4.69) is 199 Å². The number of furan rings is 1. The zero-order valence-electron chi connectivity index (χ0n) is 43.0. The molecule has 0 amide bonds. The van der Waals surface area contributed by atoms with Crippen molar-refractivity contribution in [2.45, 2.75) is 0 Å². The van der Waals surface area contributed by atoms with Gasteiger partial charge in [0.15, 0.2) is 0 Å². The van der Waals surface area contributed by atoms with Crippen molar-refractivity contribution in [3.63, 3.8) is 0 Å². The molecule has 0 aliphatic heterocycles. The average Bonchev–Trinajstić information content (AvgIpc) is 4.00. The Hall–Kier alpha value is -9.97. The first-order chi connectivity index (χ1) is 39.2. The molecular formula is C74H45IrN4O. The zero-order valence-corrected chi connectivity index (χ0v) is 45.4. The molecule has 14 aromatic rings. The van der Waals surface area contributed by atoms with Crippen LogP contribution in [0.3, 0.4) is 0 Å². The minimum Gasteiger partial charge on any atom is -0.486 e. The van der Waals surface area contributed by atoms with Crippen LogP contribution in [0.2, 0.25) is 0 Å². The SMILES string of the molecule is [Ir+3].[c-]1ccccc1-c1ccc(-c2ccccc2-c2cc(-c3ccccc3-c3ccc(-c4[c-]cccc4)nc3)cc(-c3ccccc3-c3cnc(-c4[c-]ccc5c4oc4ncccc45)cc3-c3ccc(-c4ccccc4)cc3)c2)cn1. The van der Waals surface area contributed by atoms with Crippen LogP contribution in [-0.4, -0.2) is 19.9 Å². The van der Waals surface area contributed by atoms with Crippen molar-refractivity contribution in [2.24, 2.45) is 0 Å². The molecule has 0 unspecified atom stereocenters. The summed E-state index contributed by atoms with van der Waals surface area (Å²) < 4.78 is 6.46. The average molecular weight is 1200 g/mol. The summed E-state index contributed by atoms with van der Waals surface area (Å²) >= 11 is 0. The molecule has 5 heterocycles. The Morgan fingerprint density at radius 2 is 0.775 bits per heavy atom. The van der Waals surface area contributed by atoms with E-state index >= 15 is 0 Å². The summed E-state index contributed by atoms with van der Waals surface area (Å²) in [7, 11) is 0. The molecule has 0 atom stereocenters. The molecule has 376 valence electrons. The molecule has 0 spiro atoms. The van der Waals surface area contributed by atoms with Crippen LogP contribution >= 0.6 is 0 Å². The third kappa shape index (κ3) is 9.54. The van der Waals surface area contributed by atoms with Crippen LogP contribution in [0.1, 0.15) is 0 Å². The number of fused-ring (bicyclic) bond motifs is 3. The number of nitrogens with zero attached hydrogens (tertiary/aromatic N) is 4. The smallest absolute Gasteiger partial charge is 0.486 e. The first-order valence-electron chi connectivity index (χ1n) is 26.3. The van der Waals surface area contributed by atoms with Gasteiger partial charge in [-0.15, -0.1) is 90.0 Å². The monoisotopic (exact) mass is 1200 g/mol. The third-order valence-electron chi connectivity index (χ3n) is 14.7. The molecule has 5 aromatic heterocycles. The van der Waals surface area contributed by atoms with Gasteiger partial charge in [0.1, 0.15) is 0 Å². The van der Waals surface area contributed by atoms with E-state index in [0.717, 1.165) is 134 Å². The van der Waals surface area contributed by atoms with Crippen LogP contribution in [0, 0.1) is 18.2 Å². The van der Waals surface area contributed by atoms with Crippen molar-refractivity contribution in [1.82, 2.24) is 19.9 Å². The van der Waals surface area contributed by atoms with Gasteiger partial charge in [-0.1, -0.05) is 169 Å². The molecule has 80 heavy (non-hydrogen) atoms. The minimum absolute atomic E-state index is 0. The van der Waals surface area contributed by atoms with Crippen molar-refractivity contribution < 1.29 is 24.5 Å². The predicted octanol–water partition coefficient (Wildman–Crippen LogP) is 18.9. The summed E-state index contributed by atoms with van der Waals surface area (Å²) in [6.07, 6.45) is 7.73. The second kappa shape index (κ2) is 21.8. The van der Waals surface area contributed by atoms with E-state index in [-0.39, 0.29) is 20.1 Å². The number of hydrogen-bond donors (Lipinski definition) is 0. The van der Waals surface area contributed by atoms with Gasteiger partial charge in [0.25, 0.3) is 0 Å². The fraction of sp³-hybridized carbons (Fsp3) is 0. The molecule has 9 aromatic carbocycles. The van der Waals surface area contributed by atoms with Crippen LogP contribution < -0.4 is 0 Å². The Morgan fingerprint density at radius 1 is 0.287 bits per heavy atom. The first kappa shape index (κ1) is 49.6. The van der Waals surface area contributed by atoms with Crippen LogP contribution in [0.25, 0.3) is 145 Å². The van der Waals surface area contributed by atoms with Gasteiger partial charge in [0.05, 0.1) is 5.58 Å². The van der Waals surface area contributed by atoms with Gasteiger partial charge in [0.2, 0.25) is 5.71 Å². The van der Waals surface area contributed by atoms with Crippen LogP contribution in [-0.2, 0) is 20.1 Å². The second-order valence-electron chi connectivity index (χ2n) is 19.5. The number of hydrogen-bond acceptors (Lipinski definition) is 5. The topological polar surface area (TPSA) is 64.7 Å². The number of pyridine rings is 4. The second-order valence-corrected chi connectivity index (χ2v) is 19.5. The standard InChI is InChI=1S/C74H45N4O.Ir/c1-4-18-49(19-5-1)50-33-35-51(36-34-50)68-45-72(67-31-16-30-65-66-32-17-41-75-74(66)79-73(65)67)78-48-69(68)64-29-15-14-28-63(64)58-43-56(61-26-12-10-24-59(61)54-37-39-70(76-46-54)52-20-6-2-7-21-52)42-57(44-58)62-27-13-11-25-60(62)55-38-40-71(77-47-55)53-22-8-3-9-23-53;/h1-20,22,24-30,32-48H;/q-3;+3. The largest absolute Gasteiger partial charge is 3.00 e. The van der Waals surface area contributed by atoms with E-state index in [1.54, 1.807) is 6.20 Å². The maximum Gasteiger partial charge on any atom is 3.00 e. The molecule has 0 bridgehead atoms. The van der Waals surface area contributed by atoms with Gasteiger partial charge in [-0.3, -0.25) is 0 Å². The molecule has 0 saturated carbocycles. The van der Waals surface area contributed by atoms with E-state index in [0.29, 0.717) is 11.3 Å². The fourth-order valence-corrected chi connectivity index (χ4v) is 10.9. The Labute approximate surface area is 478 Å². The van der Waals surface area contributed by atoms with Crippen molar-refractivity contribution in [3.05, 3.63) is 292 Å². The molecule has 6 heteroatoms. The molecule has 0 fully saturated rings. The molecular weight excluding hydrogens is 1150 g/mol. The van der Waals surface area contributed by atoms with Gasteiger partial charge in [0, 0.05) is 35.7 Å². The van der Waals surface area contributed by atoms with Crippen molar-refractivity contribution in [2.75, 3.05) is 0 Å². The van der Waals surface area contributed by atoms with Crippen molar-refractivity contribution in [3.8, 4) is 123 Å². The Kier molecular flexibility index (Phi) is 13.5. The Bertz CT molecular complexity index is 4360. The maximum atomic E-state index is 6.46. The summed E-state index contributed by atoms with van der Waals surface area (Å²) in [6.45, 7) is 0. The first-order valence-corrected chi connectivity index (χ1v) is 26.3. The normalized spacial score (nSPS) is 11.2. The summed E-state index contributed by atoms with van der Waals surface area (Å²) in [4.78, 5) is 19.7. The summed E-state index contributed by atoms with van der Waals surface area (Å²) in [5, 5.41) is 1.92. The van der Waals surface area contributed by atoms with Gasteiger partial charge in [-0.25, -0.2) is 4.98 Å². The minimum atomic E-state index is 0. The zero-order chi connectivity index (χ0) is 52.5. The molecule has 0 saturated heterocycles. The summed E-state index contributed by atoms with van der Waals surface area (Å²) in [5.41, 5.74) is 23.5. The van der Waals surface area contributed by atoms with Gasteiger partial charge in [-0.2, -0.15) is 0 Å². The van der Waals surface area contributed by atoms with E-state index in [1.165, 1.54) is 0 Å². The van der Waals surface area contributed by atoms with Crippen molar-refractivity contribution >= 4 is 22.1 Å². The third-order valence-corrected chi connectivity index (χ3v) is 14.7. The summed E-state index contributed by atoms with van der Waals surface area (Å²) in [5.74, 6) is 0. The van der Waals surface area contributed by atoms with Crippen LogP contribution in [0.5, 0.6) is 0 Å². The predicted molar refractivity (Wildman–Crippen MR) is 321 cm³/mol. The van der Waals surface area contributed by atoms with E-state index in [1.807, 2.05) is 91.4 Å². The fourth-order valence-electron chi connectivity index (χ4n) is 10.9. The maximum absolute atomic E-state index is 6.46. The molecule has 0 aliphatic carbocycles. The Morgan fingerprint density at radius 3 is 1.32 bits per heavy atom. The molecule has 0 radical (unpaired) electrons. The van der Waals surface area contributed by atoms with E-state index in [4.69, 9.17) is 19.4 Å². The number of aromatic nitrogens is 4. The van der Waals surface area contributed by atoms with Crippen LogP contribution in [0.4, 0.5) is 0 Å². The van der Waals surface area contributed by atoms with Gasteiger partial charge >= 0.3 is 20.1 Å². The van der Waals surface area contributed by atoms with Crippen LogP contribution in [0.15, 0.2) is 278 Å². The number of rotatable bonds is 11. The molecule has 14 rings (SSSR count). The molecule has 0 aliphatic rings. The number of benzene rings is 9. The molecule has 0 N–H and O–H groups in total.